The van der Waals surface area contributed by atoms with E-state index in [4.69, 9.17) is 0 Å². The minimum Gasteiger partial charge on any atom is -0.508 e. The molecular weight excluding hydrogens is 288 g/mol. The van der Waals surface area contributed by atoms with E-state index in [1.54, 1.807) is 6.07 Å². The first kappa shape index (κ1) is 16.3. The fourth-order valence-corrected chi connectivity index (χ4v) is 3.91. The van der Waals surface area contributed by atoms with E-state index in [1.165, 1.54) is 19.4 Å². The Morgan fingerprint density at radius 1 is 1.30 bits per heavy atom. The van der Waals surface area contributed by atoms with Gasteiger partial charge in [-0.3, -0.25) is 4.79 Å². The largest absolute Gasteiger partial charge is 0.508 e. The second-order valence-electron chi connectivity index (χ2n) is 6.92. The molecule has 3 rings (SSSR count). The van der Waals surface area contributed by atoms with Gasteiger partial charge in [0, 0.05) is 24.7 Å². The minimum atomic E-state index is -0.177. The average Bonchev–Trinajstić information content (AvgIpc) is 3.00. The molecule has 4 nitrogen and oxygen atoms in total. The molecule has 0 bridgehead atoms. The third kappa shape index (κ3) is 3.69. The smallest absolute Gasteiger partial charge is 0.227 e. The average molecular weight is 316 g/mol. The molecule has 1 aliphatic carbocycles. The van der Waals surface area contributed by atoms with E-state index in [0.29, 0.717) is 0 Å². The van der Waals surface area contributed by atoms with Crippen molar-refractivity contribution in [2.75, 3.05) is 19.6 Å². The molecule has 2 N–H and O–H groups in total. The van der Waals surface area contributed by atoms with Crippen LogP contribution in [0, 0.1) is 0 Å². The van der Waals surface area contributed by atoms with Gasteiger partial charge >= 0.3 is 0 Å². The summed E-state index contributed by atoms with van der Waals surface area (Å²) >= 11 is 0. The van der Waals surface area contributed by atoms with Gasteiger partial charge in [-0.2, -0.15) is 0 Å². The van der Waals surface area contributed by atoms with Crippen molar-refractivity contribution in [2.24, 2.45) is 0 Å². The molecule has 1 aromatic carbocycles. The molecule has 1 amide bonds. The van der Waals surface area contributed by atoms with Crippen LogP contribution in [0.5, 0.6) is 5.75 Å². The summed E-state index contributed by atoms with van der Waals surface area (Å²) in [4.78, 5) is 15.1. The van der Waals surface area contributed by atoms with Crippen molar-refractivity contribution < 1.29 is 9.90 Å². The Kier molecular flexibility index (Phi) is 5.21. The normalized spacial score (nSPS) is 22.0. The highest BCUT2D eigenvalue weighted by Gasteiger charge is 2.32. The van der Waals surface area contributed by atoms with Crippen molar-refractivity contribution in [1.82, 2.24) is 10.2 Å². The highest BCUT2D eigenvalue weighted by molar-refractivity contribution is 5.86. The van der Waals surface area contributed by atoms with Crippen LogP contribution in [0.25, 0.3) is 0 Å². The zero-order valence-corrected chi connectivity index (χ0v) is 14.1. The fraction of sp³-hybridized carbons (Fsp3) is 0.632. The standard InChI is InChI=1S/C19H28N2O2/c1-2-3-11-21-12-9-15(10-13-21)20-19(23)16-8-7-14-5-4-6-17(22)18(14)16/h4-6,15-16,22H,2-3,7-13H2,1H3,(H,20,23). The monoisotopic (exact) mass is 316 g/mol. The number of fused-ring (bicyclic) bond motifs is 1. The van der Waals surface area contributed by atoms with E-state index < -0.39 is 0 Å². The quantitative estimate of drug-likeness (QED) is 0.878. The van der Waals surface area contributed by atoms with Gasteiger partial charge in [-0.1, -0.05) is 25.5 Å². The number of piperidine rings is 1. The zero-order chi connectivity index (χ0) is 16.2. The fourth-order valence-electron chi connectivity index (χ4n) is 3.91. The molecule has 1 aliphatic heterocycles. The Labute approximate surface area is 138 Å². The van der Waals surface area contributed by atoms with E-state index in [-0.39, 0.29) is 23.6 Å². The molecule has 0 spiro atoms. The number of carbonyl (C=O) groups excluding carboxylic acids is 1. The van der Waals surface area contributed by atoms with Crippen LogP contribution in [0.15, 0.2) is 18.2 Å². The van der Waals surface area contributed by atoms with Crippen molar-refractivity contribution in [1.29, 1.82) is 0 Å². The van der Waals surface area contributed by atoms with Crippen LogP contribution in [-0.2, 0) is 11.2 Å². The number of unbranched alkanes of at least 4 members (excludes halogenated alkanes) is 1. The summed E-state index contributed by atoms with van der Waals surface area (Å²) in [5.41, 5.74) is 1.98. The summed E-state index contributed by atoms with van der Waals surface area (Å²) in [5, 5.41) is 13.3. The first-order chi connectivity index (χ1) is 11.2. The van der Waals surface area contributed by atoms with Crippen LogP contribution in [0.3, 0.4) is 0 Å². The van der Waals surface area contributed by atoms with Crippen molar-refractivity contribution in [3.63, 3.8) is 0 Å². The first-order valence-corrected chi connectivity index (χ1v) is 9.02. The van der Waals surface area contributed by atoms with Crippen LogP contribution < -0.4 is 5.32 Å². The van der Waals surface area contributed by atoms with Crippen LogP contribution in [-0.4, -0.2) is 41.6 Å². The first-order valence-electron chi connectivity index (χ1n) is 9.02. The van der Waals surface area contributed by atoms with Gasteiger partial charge in [0.25, 0.3) is 0 Å². The predicted molar refractivity (Wildman–Crippen MR) is 91.7 cm³/mol. The number of hydrogen-bond donors (Lipinski definition) is 2. The van der Waals surface area contributed by atoms with Crippen LogP contribution in [0.1, 0.15) is 56.1 Å². The van der Waals surface area contributed by atoms with Gasteiger partial charge in [0.2, 0.25) is 5.91 Å². The summed E-state index contributed by atoms with van der Waals surface area (Å²) in [6, 6.07) is 5.86. The molecular formula is C19H28N2O2. The molecule has 2 aliphatic rings. The second-order valence-corrected chi connectivity index (χ2v) is 6.92. The number of amides is 1. The summed E-state index contributed by atoms with van der Waals surface area (Å²) < 4.78 is 0. The van der Waals surface area contributed by atoms with Gasteiger partial charge in [-0.25, -0.2) is 0 Å². The zero-order valence-electron chi connectivity index (χ0n) is 14.1. The van der Waals surface area contributed by atoms with Gasteiger partial charge in [0.05, 0.1) is 5.92 Å². The van der Waals surface area contributed by atoms with Crippen LogP contribution >= 0.6 is 0 Å². The lowest BCUT2D eigenvalue weighted by Crippen LogP contribution is -2.45. The van der Waals surface area contributed by atoms with E-state index in [9.17, 15) is 9.90 Å². The number of phenols is 1. The molecule has 1 saturated heterocycles. The molecule has 1 aromatic rings. The van der Waals surface area contributed by atoms with Gasteiger partial charge in [-0.15, -0.1) is 0 Å². The van der Waals surface area contributed by atoms with Crippen molar-refractivity contribution in [2.45, 2.75) is 57.4 Å². The van der Waals surface area contributed by atoms with Crippen LogP contribution in [0.2, 0.25) is 0 Å². The number of likely N-dealkylation sites (tertiary alicyclic amines) is 1. The maximum absolute atomic E-state index is 12.6. The number of nitrogens with zero attached hydrogens (tertiary/aromatic N) is 1. The molecule has 126 valence electrons. The van der Waals surface area contributed by atoms with E-state index in [0.717, 1.165) is 49.9 Å². The van der Waals surface area contributed by atoms with Crippen molar-refractivity contribution in [3.8, 4) is 5.75 Å². The summed E-state index contributed by atoms with van der Waals surface area (Å²) in [6.45, 7) is 5.57. The summed E-state index contributed by atoms with van der Waals surface area (Å²) in [5.74, 6) is 0.191. The van der Waals surface area contributed by atoms with E-state index in [1.807, 2.05) is 12.1 Å². The van der Waals surface area contributed by atoms with E-state index in [2.05, 4.69) is 17.1 Å². The minimum absolute atomic E-state index is 0.0947. The van der Waals surface area contributed by atoms with Gasteiger partial charge < -0.3 is 15.3 Å². The molecule has 0 radical (unpaired) electrons. The van der Waals surface area contributed by atoms with Crippen molar-refractivity contribution in [3.05, 3.63) is 29.3 Å². The molecule has 0 saturated carbocycles. The summed E-state index contributed by atoms with van der Waals surface area (Å²) in [6.07, 6.45) is 6.27. The number of benzene rings is 1. The van der Waals surface area contributed by atoms with Gasteiger partial charge in [0.15, 0.2) is 0 Å². The van der Waals surface area contributed by atoms with Gasteiger partial charge in [0.1, 0.15) is 5.75 Å². The van der Waals surface area contributed by atoms with Crippen LogP contribution in [0.4, 0.5) is 0 Å². The number of hydrogen-bond acceptors (Lipinski definition) is 3. The second kappa shape index (κ2) is 7.35. The lowest BCUT2D eigenvalue weighted by Gasteiger charge is -2.32. The molecule has 0 aromatic heterocycles. The molecule has 4 heteroatoms. The third-order valence-electron chi connectivity index (χ3n) is 5.30. The number of rotatable bonds is 5. The van der Waals surface area contributed by atoms with Crippen molar-refractivity contribution >= 4 is 5.91 Å². The number of carbonyl (C=O) groups is 1. The predicted octanol–water partition coefficient (Wildman–Crippen LogP) is 2.80. The molecule has 1 atom stereocenters. The third-order valence-corrected chi connectivity index (χ3v) is 5.30. The molecule has 23 heavy (non-hydrogen) atoms. The molecule has 1 unspecified atom stereocenters. The Bertz CT molecular complexity index is 550. The molecule has 1 fully saturated rings. The Hall–Kier alpha value is -1.55. The lowest BCUT2D eigenvalue weighted by molar-refractivity contribution is -0.123. The number of phenolic OH excluding ortho intramolecular Hbond substituents is 1. The van der Waals surface area contributed by atoms with E-state index >= 15 is 0 Å². The maximum atomic E-state index is 12.6. The number of aromatic hydroxyl groups is 1. The summed E-state index contributed by atoms with van der Waals surface area (Å²) in [7, 11) is 0. The number of aryl methyl sites for hydroxylation is 1. The van der Waals surface area contributed by atoms with Gasteiger partial charge in [-0.05, 0) is 50.3 Å². The SMILES string of the molecule is CCCCN1CCC(NC(=O)C2CCc3cccc(O)c32)CC1. The lowest BCUT2D eigenvalue weighted by atomic mass is 9.97. The topological polar surface area (TPSA) is 52.6 Å². The Morgan fingerprint density at radius 3 is 2.83 bits per heavy atom. The highest BCUT2D eigenvalue weighted by Crippen LogP contribution is 2.39. The Balaban J connectivity index is 1.54. The number of nitrogens with one attached hydrogen (secondary N) is 1. The highest BCUT2D eigenvalue weighted by atomic mass is 16.3. The Morgan fingerprint density at radius 2 is 2.09 bits per heavy atom. The molecule has 1 heterocycles. The maximum Gasteiger partial charge on any atom is 0.227 e.